The molecule has 2 unspecified atom stereocenters. The molecule has 0 spiro atoms. The Morgan fingerprint density at radius 3 is 2.41 bits per heavy atom. The molecule has 9 heteroatoms. The van der Waals surface area contributed by atoms with Crippen molar-refractivity contribution in [2.24, 2.45) is 11.8 Å². The van der Waals surface area contributed by atoms with Crippen LogP contribution < -0.4 is 5.32 Å². The molecular weight excluding hydrogens is 430 g/mol. The molecule has 8 nitrogen and oxygen atoms in total. The number of ether oxygens (including phenoxy) is 1. The molecule has 32 heavy (non-hydrogen) atoms. The van der Waals surface area contributed by atoms with Gasteiger partial charge in [0.2, 0.25) is 15.9 Å². The SMILES string of the molecule is CC(C)OC(=O)N1CCC(CC(C)C(=O)NC2c3ccccc3CCN2S(C)(=O)=O)CC1. The third-order valence-corrected chi connectivity index (χ3v) is 7.53. The Labute approximate surface area is 191 Å². The fourth-order valence-corrected chi connectivity index (χ4v) is 5.53. The fraction of sp³-hybridized carbons (Fsp3) is 0.652. The molecular formula is C23H35N3O5S. The lowest BCUT2D eigenvalue weighted by molar-refractivity contribution is -0.126. The first-order chi connectivity index (χ1) is 15.1. The molecule has 0 radical (unpaired) electrons. The van der Waals surface area contributed by atoms with Gasteiger partial charge in [0.25, 0.3) is 0 Å². The van der Waals surface area contributed by atoms with Crippen molar-refractivity contribution >= 4 is 22.0 Å². The van der Waals surface area contributed by atoms with E-state index in [-0.39, 0.29) is 24.0 Å². The lowest BCUT2D eigenvalue weighted by Gasteiger charge is -2.37. The minimum Gasteiger partial charge on any atom is -0.447 e. The number of sulfonamides is 1. The van der Waals surface area contributed by atoms with Gasteiger partial charge >= 0.3 is 6.09 Å². The van der Waals surface area contributed by atoms with E-state index in [1.807, 2.05) is 45.0 Å². The number of amides is 2. The predicted octanol–water partition coefficient (Wildman–Crippen LogP) is 2.90. The number of piperidine rings is 1. The van der Waals surface area contributed by atoms with E-state index in [1.165, 1.54) is 10.6 Å². The van der Waals surface area contributed by atoms with Crippen molar-refractivity contribution < 1.29 is 22.7 Å². The van der Waals surface area contributed by atoms with Gasteiger partial charge in [-0.15, -0.1) is 0 Å². The van der Waals surface area contributed by atoms with Gasteiger partial charge in [0.05, 0.1) is 12.4 Å². The zero-order valence-corrected chi connectivity index (χ0v) is 20.2. The molecule has 2 atom stereocenters. The molecule has 1 aromatic rings. The summed E-state index contributed by atoms with van der Waals surface area (Å²) in [6.07, 6.45) is 3.06. The quantitative estimate of drug-likeness (QED) is 0.697. The first-order valence-electron chi connectivity index (χ1n) is 11.4. The Hall–Kier alpha value is -2.13. The molecule has 0 bridgehead atoms. The number of hydrogen-bond donors (Lipinski definition) is 1. The molecule has 2 amide bonds. The Bertz CT molecular complexity index is 925. The predicted molar refractivity (Wildman–Crippen MR) is 122 cm³/mol. The summed E-state index contributed by atoms with van der Waals surface area (Å²) in [6.45, 7) is 7.15. The monoisotopic (exact) mass is 465 g/mol. The van der Waals surface area contributed by atoms with Crippen LogP contribution in [0.1, 0.15) is 57.3 Å². The molecule has 1 saturated heterocycles. The zero-order valence-electron chi connectivity index (χ0n) is 19.4. The minimum absolute atomic E-state index is 0.139. The van der Waals surface area contributed by atoms with Crippen molar-refractivity contribution in [2.45, 2.75) is 58.7 Å². The topological polar surface area (TPSA) is 96.0 Å². The summed E-state index contributed by atoms with van der Waals surface area (Å²) in [5.74, 6) is -0.0739. The van der Waals surface area contributed by atoms with Crippen LogP contribution in [0.3, 0.4) is 0 Å². The summed E-state index contributed by atoms with van der Waals surface area (Å²) in [6, 6.07) is 7.66. The van der Waals surface area contributed by atoms with Crippen molar-refractivity contribution in [3.8, 4) is 0 Å². The number of fused-ring (bicyclic) bond motifs is 1. The molecule has 3 rings (SSSR count). The van der Waals surface area contributed by atoms with Gasteiger partial charge < -0.3 is 15.0 Å². The molecule has 2 heterocycles. The van der Waals surface area contributed by atoms with Crippen molar-refractivity contribution in [1.29, 1.82) is 0 Å². The third kappa shape index (κ3) is 6.01. The van der Waals surface area contributed by atoms with Crippen molar-refractivity contribution in [3.63, 3.8) is 0 Å². The summed E-state index contributed by atoms with van der Waals surface area (Å²) in [5.41, 5.74) is 1.90. The Kier molecular flexibility index (Phi) is 7.82. The van der Waals surface area contributed by atoms with Gasteiger partial charge in [0, 0.05) is 25.6 Å². The van der Waals surface area contributed by atoms with Crippen LogP contribution in [0.15, 0.2) is 24.3 Å². The molecule has 0 aromatic heterocycles. The first-order valence-corrected chi connectivity index (χ1v) is 13.2. The van der Waals surface area contributed by atoms with Crippen LogP contribution in [0.2, 0.25) is 0 Å². The number of nitrogens with one attached hydrogen (secondary N) is 1. The summed E-state index contributed by atoms with van der Waals surface area (Å²) >= 11 is 0. The maximum Gasteiger partial charge on any atom is 0.410 e. The van der Waals surface area contributed by atoms with Crippen molar-refractivity contribution in [1.82, 2.24) is 14.5 Å². The van der Waals surface area contributed by atoms with Crippen molar-refractivity contribution in [2.75, 3.05) is 25.9 Å². The first kappa shape index (κ1) is 24.5. The van der Waals surface area contributed by atoms with E-state index < -0.39 is 16.2 Å². The average Bonchev–Trinajstić information content (AvgIpc) is 2.73. The Morgan fingerprint density at radius 1 is 1.12 bits per heavy atom. The van der Waals surface area contributed by atoms with Gasteiger partial charge in [-0.05, 0) is 56.6 Å². The number of carbonyl (C=O) groups excluding carboxylic acids is 2. The molecule has 1 fully saturated rings. The molecule has 2 aliphatic rings. The van der Waals surface area contributed by atoms with E-state index >= 15 is 0 Å². The summed E-state index contributed by atoms with van der Waals surface area (Å²) in [4.78, 5) is 26.8. The number of nitrogens with zero attached hydrogens (tertiary/aromatic N) is 2. The van der Waals surface area contributed by atoms with Gasteiger partial charge in [-0.3, -0.25) is 4.79 Å². The summed E-state index contributed by atoms with van der Waals surface area (Å²) in [5, 5.41) is 2.99. The second kappa shape index (κ2) is 10.2. The van der Waals surface area contributed by atoms with E-state index in [0.717, 1.165) is 24.0 Å². The van der Waals surface area contributed by atoms with E-state index in [4.69, 9.17) is 4.74 Å². The minimum atomic E-state index is -3.47. The van der Waals surface area contributed by atoms with E-state index in [2.05, 4.69) is 5.32 Å². The molecule has 178 valence electrons. The van der Waals surface area contributed by atoms with Crippen LogP contribution >= 0.6 is 0 Å². The highest BCUT2D eigenvalue weighted by Gasteiger charge is 2.35. The maximum absolute atomic E-state index is 13.0. The molecule has 2 aliphatic heterocycles. The lowest BCUT2D eigenvalue weighted by atomic mass is 9.87. The van der Waals surface area contributed by atoms with Crippen molar-refractivity contribution in [3.05, 3.63) is 35.4 Å². The second-order valence-electron chi connectivity index (χ2n) is 9.23. The highest BCUT2D eigenvalue weighted by molar-refractivity contribution is 7.88. The highest BCUT2D eigenvalue weighted by Crippen LogP contribution is 2.31. The summed E-state index contributed by atoms with van der Waals surface area (Å²) < 4.78 is 31.4. The number of hydrogen-bond acceptors (Lipinski definition) is 5. The van der Waals surface area contributed by atoms with E-state index in [0.29, 0.717) is 38.4 Å². The van der Waals surface area contributed by atoms with Gasteiger partial charge in [0.1, 0.15) is 6.17 Å². The van der Waals surface area contributed by atoms with Crippen LogP contribution in [0.4, 0.5) is 4.79 Å². The van der Waals surface area contributed by atoms with E-state index in [9.17, 15) is 18.0 Å². The summed E-state index contributed by atoms with van der Waals surface area (Å²) in [7, 11) is -3.47. The van der Waals surface area contributed by atoms with E-state index in [1.54, 1.807) is 4.90 Å². The average molecular weight is 466 g/mol. The van der Waals surface area contributed by atoms with Gasteiger partial charge in [-0.1, -0.05) is 31.2 Å². The number of rotatable bonds is 6. The van der Waals surface area contributed by atoms with Crippen LogP contribution in [0, 0.1) is 11.8 Å². The standard InChI is InChI=1S/C23H35N3O5S/c1-16(2)31-23(28)25-12-9-18(10-13-25)15-17(3)22(27)24-21-20-8-6-5-7-19(20)11-14-26(21)32(4,29)30/h5-8,16-18,21H,9-15H2,1-4H3,(H,24,27). The number of likely N-dealkylation sites (tertiary alicyclic amines) is 1. The number of carbonyl (C=O) groups is 2. The molecule has 0 aliphatic carbocycles. The lowest BCUT2D eigenvalue weighted by Crippen LogP contribution is -2.49. The molecule has 0 saturated carbocycles. The largest absolute Gasteiger partial charge is 0.447 e. The normalized spacial score (nSPS) is 21.2. The smallest absolute Gasteiger partial charge is 0.410 e. The Morgan fingerprint density at radius 2 is 1.78 bits per heavy atom. The molecule has 1 N–H and O–H groups in total. The van der Waals surface area contributed by atoms with Gasteiger partial charge in [-0.2, -0.15) is 4.31 Å². The van der Waals surface area contributed by atoms with Crippen LogP contribution in [0.5, 0.6) is 0 Å². The van der Waals surface area contributed by atoms with Crippen LogP contribution in [-0.4, -0.2) is 61.6 Å². The van der Waals surface area contributed by atoms with Crippen LogP contribution in [-0.2, 0) is 26.0 Å². The molecule has 1 aromatic carbocycles. The second-order valence-corrected chi connectivity index (χ2v) is 11.2. The van der Waals surface area contributed by atoms with Gasteiger partial charge in [0.15, 0.2) is 0 Å². The fourth-order valence-electron chi connectivity index (χ4n) is 4.56. The number of benzene rings is 1. The van der Waals surface area contributed by atoms with Gasteiger partial charge in [-0.25, -0.2) is 13.2 Å². The highest BCUT2D eigenvalue weighted by atomic mass is 32.2. The maximum atomic E-state index is 13.0. The third-order valence-electron chi connectivity index (χ3n) is 6.29. The van der Waals surface area contributed by atoms with Crippen LogP contribution in [0.25, 0.3) is 0 Å². The Balaban J connectivity index is 1.60. The zero-order chi connectivity index (χ0) is 23.5.